The molecule has 1 aromatic heterocycles. The van der Waals surface area contributed by atoms with Gasteiger partial charge >= 0.3 is 0 Å². The minimum atomic E-state index is 0.487. The molecule has 0 spiro atoms. The summed E-state index contributed by atoms with van der Waals surface area (Å²) in [6.45, 7) is 0. The van der Waals surface area contributed by atoms with Crippen molar-refractivity contribution in [1.29, 1.82) is 0 Å². The van der Waals surface area contributed by atoms with E-state index in [0.717, 1.165) is 46.9 Å². The Labute approximate surface area is 124 Å². The number of rotatable bonds is 2. The van der Waals surface area contributed by atoms with Crippen LogP contribution in [0.25, 0.3) is 11.1 Å². The van der Waals surface area contributed by atoms with Gasteiger partial charge in [-0.25, -0.2) is 4.98 Å². The maximum Gasteiger partial charge on any atom is 0.196 e. The van der Waals surface area contributed by atoms with Crippen LogP contribution in [0.15, 0.2) is 22.6 Å². The Morgan fingerprint density at radius 2 is 1.76 bits per heavy atom. The summed E-state index contributed by atoms with van der Waals surface area (Å²) in [6, 6.07) is 5.75. The standard InChI is InChI=1S/C18H22N2O/c19-14-1-2-16-15(6-14)20-17(21-16)10-18-7-11-3-12(8-18)5-13(4-11)9-18/h1-2,6,11-13H,3-5,7-10,19H2. The normalized spacial score (nSPS) is 37.4. The Balaban J connectivity index is 1.48. The first-order valence-electron chi connectivity index (χ1n) is 8.32. The number of oxazole rings is 1. The largest absolute Gasteiger partial charge is 0.441 e. The quantitative estimate of drug-likeness (QED) is 0.841. The number of anilines is 1. The topological polar surface area (TPSA) is 52.0 Å². The highest BCUT2D eigenvalue weighted by Gasteiger charge is 2.51. The van der Waals surface area contributed by atoms with Gasteiger partial charge in [0, 0.05) is 12.1 Å². The summed E-state index contributed by atoms with van der Waals surface area (Å²) in [5, 5.41) is 0. The van der Waals surface area contributed by atoms with Crippen LogP contribution in [-0.2, 0) is 6.42 Å². The molecule has 4 saturated carbocycles. The van der Waals surface area contributed by atoms with E-state index in [9.17, 15) is 0 Å². The van der Waals surface area contributed by atoms with Crippen LogP contribution < -0.4 is 5.73 Å². The van der Waals surface area contributed by atoms with Gasteiger partial charge in [-0.3, -0.25) is 0 Å². The number of aromatic nitrogens is 1. The van der Waals surface area contributed by atoms with Crippen LogP contribution >= 0.6 is 0 Å². The van der Waals surface area contributed by atoms with Crippen molar-refractivity contribution in [3.8, 4) is 0 Å². The summed E-state index contributed by atoms with van der Waals surface area (Å²) in [6.07, 6.45) is 9.71. The third kappa shape index (κ3) is 1.90. The number of benzene rings is 1. The first kappa shape index (κ1) is 12.1. The minimum absolute atomic E-state index is 0.487. The molecule has 0 saturated heterocycles. The second-order valence-corrected chi connectivity index (χ2v) is 7.93. The van der Waals surface area contributed by atoms with Crippen LogP contribution in [0.5, 0.6) is 0 Å². The molecule has 0 radical (unpaired) electrons. The zero-order chi connectivity index (χ0) is 14.0. The fourth-order valence-corrected chi connectivity index (χ4v) is 5.90. The highest BCUT2D eigenvalue weighted by atomic mass is 16.3. The Hall–Kier alpha value is -1.51. The van der Waals surface area contributed by atoms with Gasteiger partial charge in [-0.15, -0.1) is 0 Å². The molecule has 110 valence electrons. The lowest BCUT2D eigenvalue weighted by Crippen LogP contribution is -2.47. The molecule has 4 fully saturated rings. The van der Waals surface area contributed by atoms with E-state index in [1.165, 1.54) is 38.5 Å². The van der Waals surface area contributed by atoms with Crippen LogP contribution in [-0.4, -0.2) is 4.98 Å². The fourth-order valence-electron chi connectivity index (χ4n) is 5.90. The zero-order valence-corrected chi connectivity index (χ0v) is 12.3. The van der Waals surface area contributed by atoms with Crippen molar-refractivity contribution in [3.05, 3.63) is 24.1 Å². The average Bonchev–Trinajstić information content (AvgIpc) is 2.77. The molecule has 21 heavy (non-hydrogen) atoms. The van der Waals surface area contributed by atoms with Gasteiger partial charge in [-0.1, -0.05) is 0 Å². The molecule has 3 nitrogen and oxygen atoms in total. The van der Waals surface area contributed by atoms with E-state index in [4.69, 9.17) is 15.1 Å². The third-order valence-electron chi connectivity index (χ3n) is 6.15. The van der Waals surface area contributed by atoms with Gasteiger partial charge in [-0.2, -0.15) is 0 Å². The lowest BCUT2D eigenvalue weighted by Gasteiger charge is -2.56. The molecule has 1 aromatic carbocycles. The molecule has 3 heteroatoms. The SMILES string of the molecule is Nc1ccc2oc(CC34CC5CC(CC(C5)C3)C4)nc2c1. The van der Waals surface area contributed by atoms with E-state index in [-0.39, 0.29) is 0 Å². The summed E-state index contributed by atoms with van der Waals surface area (Å²) in [4.78, 5) is 4.70. The van der Waals surface area contributed by atoms with E-state index in [0.29, 0.717) is 5.41 Å². The van der Waals surface area contributed by atoms with Gasteiger partial charge in [0.15, 0.2) is 11.5 Å². The third-order valence-corrected chi connectivity index (χ3v) is 6.15. The van der Waals surface area contributed by atoms with Gasteiger partial charge in [0.1, 0.15) is 5.52 Å². The Morgan fingerprint density at radius 1 is 1.10 bits per heavy atom. The monoisotopic (exact) mass is 282 g/mol. The summed E-state index contributed by atoms with van der Waals surface area (Å²) in [5.41, 5.74) is 8.88. The molecule has 0 atom stereocenters. The second-order valence-electron chi connectivity index (χ2n) is 7.93. The van der Waals surface area contributed by atoms with E-state index in [1.807, 2.05) is 18.2 Å². The molecule has 4 aliphatic rings. The van der Waals surface area contributed by atoms with Crippen molar-refractivity contribution >= 4 is 16.8 Å². The van der Waals surface area contributed by atoms with Crippen molar-refractivity contribution in [2.75, 3.05) is 5.73 Å². The average molecular weight is 282 g/mol. The van der Waals surface area contributed by atoms with E-state index in [2.05, 4.69) is 0 Å². The Kier molecular flexibility index (Phi) is 2.31. The van der Waals surface area contributed by atoms with Crippen molar-refractivity contribution in [1.82, 2.24) is 4.98 Å². The number of hydrogen-bond donors (Lipinski definition) is 1. The summed E-state index contributed by atoms with van der Waals surface area (Å²) in [5.74, 6) is 3.88. The van der Waals surface area contributed by atoms with Crippen LogP contribution in [0, 0.1) is 23.2 Å². The summed E-state index contributed by atoms with van der Waals surface area (Å²) in [7, 11) is 0. The van der Waals surface area contributed by atoms with Crippen molar-refractivity contribution in [2.45, 2.75) is 44.9 Å². The summed E-state index contributed by atoms with van der Waals surface area (Å²) >= 11 is 0. The second kappa shape index (κ2) is 4.02. The molecular weight excluding hydrogens is 260 g/mol. The van der Waals surface area contributed by atoms with Crippen LogP contribution in [0.4, 0.5) is 5.69 Å². The molecule has 6 rings (SSSR count). The Morgan fingerprint density at radius 3 is 2.43 bits per heavy atom. The van der Waals surface area contributed by atoms with Crippen molar-refractivity contribution < 1.29 is 4.42 Å². The molecule has 2 N–H and O–H groups in total. The predicted octanol–water partition coefficient (Wildman–Crippen LogP) is 4.17. The molecule has 0 aliphatic heterocycles. The highest BCUT2D eigenvalue weighted by molar-refractivity contribution is 5.76. The van der Waals surface area contributed by atoms with E-state index in [1.54, 1.807) is 0 Å². The molecule has 4 bridgehead atoms. The smallest absolute Gasteiger partial charge is 0.196 e. The Bertz CT molecular complexity index is 667. The van der Waals surface area contributed by atoms with Crippen LogP contribution in [0.2, 0.25) is 0 Å². The highest BCUT2D eigenvalue weighted by Crippen LogP contribution is 2.61. The maximum atomic E-state index is 6.00. The minimum Gasteiger partial charge on any atom is -0.441 e. The zero-order valence-electron chi connectivity index (χ0n) is 12.3. The van der Waals surface area contributed by atoms with Crippen LogP contribution in [0.3, 0.4) is 0 Å². The number of nitrogens with two attached hydrogens (primary N) is 1. The fraction of sp³-hybridized carbons (Fsp3) is 0.611. The van der Waals surface area contributed by atoms with Gasteiger partial charge < -0.3 is 10.2 Å². The molecular formula is C18H22N2O. The van der Waals surface area contributed by atoms with Gasteiger partial charge in [0.2, 0.25) is 0 Å². The van der Waals surface area contributed by atoms with Crippen LogP contribution in [0.1, 0.15) is 44.4 Å². The van der Waals surface area contributed by atoms with E-state index >= 15 is 0 Å². The number of nitrogens with zero attached hydrogens (tertiary/aromatic N) is 1. The first-order chi connectivity index (χ1) is 10.2. The molecule has 4 aliphatic carbocycles. The maximum absolute atomic E-state index is 6.00. The van der Waals surface area contributed by atoms with Gasteiger partial charge in [0.25, 0.3) is 0 Å². The number of nitrogen functional groups attached to an aromatic ring is 1. The molecule has 0 amide bonds. The lowest BCUT2D eigenvalue weighted by molar-refractivity contribution is -0.0549. The number of hydrogen-bond acceptors (Lipinski definition) is 3. The molecule has 0 unspecified atom stereocenters. The first-order valence-corrected chi connectivity index (χ1v) is 8.32. The number of fused-ring (bicyclic) bond motifs is 1. The predicted molar refractivity (Wildman–Crippen MR) is 82.7 cm³/mol. The van der Waals surface area contributed by atoms with Gasteiger partial charge in [-0.05, 0) is 79.9 Å². The van der Waals surface area contributed by atoms with E-state index < -0.39 is 0 Å². The molecule has 1 heterocycles. The van der Waals surface area contributed by atoms with Crippen molar-refractivity contribution in [3.63, 3.8) is 0 Å². The molecule has 2 aromatic rings. The lowest BCUT2D eigenvalue weighted by atomic mass is 9.49. The van der Waals surface area contributed by atoms with Crippen molar-refractivity contribution in [2.24, 2.45) is 23.2 Å². The summed E-state index contributed by atoms with van der Waals surface area (Å²) < 4.78 is 6.00. The van der Waals surface area contributed by atoms with Gasteiger partial charge in [0.05, 0.1) is 0 Å².